The highest BCUT2D eigenvalue weighted by atomic mass is 79.9. The molecule has 84 valence electrons. The zero-order valence-electron chi connectivity index (χ0n) is 9.68. The molecule has 0 aliphatic heterocycles. The minimum Gasteiger partial charge on any atom is -0.374 e. The molecule has 1 nitrogen and oxygen atoms in total. The van der Waals surface area contributed by atoms with E-state index < -0.39 is 0 Å². The summed E-state index contributed by atoms with van der Waals surface area (Å²) in [5.41, 5.74) is 0.150. The normalized spacial score (nSPS) is 33.6. The van der Waals surface area contributed by atoms with Crippen molar-refractivity contribution in [3.63, 3.8) is 0 Å². The predicted molar refractivity (Wildman–Crippen MR) is 64.9 cm³/mol. The van der Waals surface area contributed by atoms with Crippen LogP contribution in [0.25, 0.3) is 0 Å². The van der Waals surface area contributed by atoms with Crippen LogP contribution in [0.1, 0.15) is 46.5 Å². The predicted octanol–water partition coefficient (Wildman–Crippen LogP) is 4.00. The summed E-state index contributed by atoms with van der Waals surface area (Å²) in [4.78, 5) is 0. The average molecular weight is 263 g/mol. The molecule has 0 N–H and O–H groups in total. The third-order valence-electron chi connectivity index (χ3n) is 3.15. The smallest absolute Gasteiger partial charge is 0.0779 e. The van der Waals surface area contributed by atoms with Crippen LogP contribution < -0.4 is 0 Å². The van der Waals surface area contributed by atoms with E-state index in [9.17, 15) is 0 Å². The highest BCUT2D eigenvalue weighted by molar-refractivity contribution is 9.09. The molecular weight excluding hydrogens is 240 g/mol. The molecule has 1 aliphatic carbocycles. The molecule has 0 aromatic heterocycles. The van der Waals surface area contributed by atoms with Gasteiger partial charge in [-0.15, -0.1) is 0 Å². The number of ether oxygens (including phenoxy) is 1. The van der Waals surface area contributed by atoms with Gasteiger partial charge in [-0.05, 0) is 37.5 Å². The molecule has 0 radical (unpaired) electrons. The molecule has 1 rings (SSSR count). The Kier molecular flexibility index (Phi) is 4.92. The van der Waals surface area contributed by atoms with Gasteiger partial charge in [0.05, 0.1) is 5.60 Å². The fraction of sp³-hybridized carbons (Fsp3) is 1.00. The molecule has 0 amide bonds. The van der Waals surface area contributed by atoms with Crippen LogP contribution in [-0.4, -0.2) is 17.5 Å². The molecule has 0 aromatic rings. The van der Waals surface area contributed by atoms with Gasteiger partial charge in [0, 0.05) is 11.9 Å². The van der Waals surface area contributed by atoms with E-state index in [2.05, 4.69) is 36.7 Å². The first-order valence-corrected chi connectivity index (χ1v) is 6.90. The van der Waals surface area contributed by atoms with Gasteiger partial charge in [-0.3, -0.25) is 0 Å². The van der Waals surface area contributed by atoms with Crippen LogP contribution >= 0.6 is 15.9 Å². The molecule has 0 spiro atoms. The van der Waals surface area contributed by atoms with Crippen LogP contribution in [0, 0.1) is 11.8 Å². The van der Waals surface area contributed by atoms with E-state index >= 15 is 0 Å². The molecule has 2 heteroatoms. The first-order chi connectivity index (χ1) is 6.58. The lowest BCUT2D eigenvalue weighted by Gasteiger charge is -2.38. The van der Waals surface area contributed by atoms with Gasteiger partial charge in [-0.25, -0.2) is 0 Å². The standard InChI is InChI=1S/C12H23BrO/c1-10(2)8-14-12(9-13)6-4-11(3)5-7-12/h10-11H,4-9H2,1-3H3. The number of rotatable bonds is 4. The largest absolute Gasteiger partial charge is 0.374 e. The molecule has 0 saturated heterocycles. The van der Waals surface area contributed by atoms with Gasteiger partial charge >= 0.3 is 0 Å². The molecule has 0 atom stereocenters. The molecule has 0 bridgehead atoms. The number of halogens is 1. The maximum atomic E-state index is 6.08. The van der Waals surface area contributed by atoms with Crippen LogP contribution in [0.2, 0.25) is 0 Å². The minimum atomic E-state index is 0.150. The van der Waals surface area contributed by atoms with Gasteiger partial charge in [0.1, 0.15) is 0 Å². The zero-order valence-corrected chi connectivity index (χ0v) is 11.3. The number of hydrogen-bond acceptors (Lipinski definition) is 1. The highest BCUT2D eigenvalue weighted by Crippen LogP contribution is 2.36. The Morgan fingerprint density at radius 3 is 2.36 bits per heavy atom. The van der Waals surface area contributed by atoms with E-state index in [1.54, 1.807) is 0 Å². The second-order valence-electron chi connectivity index (χ2n) is 5.20. The summed E-state index contributed by atoms with van der Waals surface area (Å²) in [6.45, 7) is 7.68. The highest BCUT2D eigenvalue weighted by Gasteiger charge is 2.34. The minimum absolute atomic E-state index is 0.150. The summed E-state index contributed by atoms with van der Waals surface area (Å²) in [7, 11) is 0. The maximum absolute atomic E-state index is 6.08. The fourth-order valence-corrected chi connectivity index (χ4v) is 2.67. The first-order valence-electron chi connectivity index (χ1n) is 5.78. The molecule has 1 fully saturated rings. The SMILES string of the molecule is CC(C)COC1(CBr)CCC(C)CC1. The third kappa shape index (κ3) is 3.54. The van der Waals surface area contributed by atoms with Crippen LogP contribution in [0.4, 0.5) is 0 Å². The molecule has 0 aromatic carbocycles. The molecule has 1 saturated carbocycles. The van der Waals surface area contributed by atoms with E-state index in [4.69, 9.17) is 4.74 Å². The van der Waals surface area contributed by atoms with E-state index in [1.807, 2.05) is 0 Å². The van der Waals surface area contributed by atoms with Crippen molar-refractivity contribution in [1.29, 1.82) is 0 Å². The van der Waals surface area contributed by atoms with E-state index in [0.717, 1.165) is 17.9 Å². The lowest BCUT2D eigenvalue weighted by Crippen LogP contribution is -2.39. The lowest BCUT2D eigenvalue weighted by molar-refractivity contribution is -0.0686. The second-order valence-corrected chi connectivity index (χ2v) is 5.76. The van der Waals surface area contributed by atoms with Crippen molar-refractivity contribution >= 4 is 15.9 Å². The van der Waals surface area contributed by atoms with Crippen LogP contribution in [-0.2, 0) is 4.74 Å². The third-order valence-corrected chi connectivity index (χ3v) is 4.17. The van der Waals surface area contributed by atoms with Gasteiger partial charge in [-0.1, -0.05) is 36.7 Å². The lowest BCUT2D eigenvalue weighted by atomic mass is 9.80. The molecule has 14 heavy (non-hydrogen) atoms. The Morgan fingerprint density at radius 2 is 1.93 bits per heavy atom. The first kappa shape index (κ1) is 12.5. The Bertz CT molecular complexity index is 160. The molecule has 0 heterocycles. The summed E-state index contributed by atoms with van der Waals surface area (Å²) in [5, 5.41) is 0.999. The van der Waals surface area contributed by atoms with Gasteiger partial charge < -0.3 is 4.74 Å². The van der Waals surface area contributed by atoms with Gasteiger partial charge in [0.25, 0.3) is 0 Å². The number of hydrogen-bond donors (Lipinski definition) is 0. The van der Waals surface area contributed by atoms with Crippen LogP contribution in [0.3, 0.4) is 0 Å². The van der Waals surface area contributed by atoms with Crippen molar-refractivity contribution in [3.05, 3.63) is 0 Å². The quantitative estimate of drug-likeness (QED) is 0.696. The zero-order chi connectivity index (χ0) is 10.6. The monoisotopic (exact) mass is 262 g/mol. The van der Waals surface area contributed by atoms with Gasteiger partial charge in [-0.2, -0.15) is 0 Å². The summed E-state index contributed by atoms with van der Waals surface area (Å²) in [5.74, 6) is 1.54. The summed E-state index contributed by atoms with van der Waals surface area (Å²) >= 11 is 3.61. The van der Waals surface area contributed by atoms with Crippen molar-refractivity contribution in [2.75, 3.05) is 11.9 Å². The van der Waals surface area contributed by atoms with E-state index in [1.165, 1.54) is 25.7 Å². The fourth-order valence-electron chi connectivity index (χ4n) is 1.95. The Morgan fingerprint density at radius 1 is 1.36 bits per heavy atom. The van der Waals surface area contributed by atoms with Gasteiger partial charge in [0.2, 0.25) is 0 Å². The maximum Gasteiger partial charge on any atom is 0.0779 e. The Hall–Kier alpha value is 0.440. The van der Waals surface area contributed by atoms with E-state index in [0.29, 0.717) is 5.92 Å². The molecular formula is C12H23BrO. The second kappa shape index (κ2) is 5.50. The van der Waals surface area contributed by atoms with Gasteiger partial charge in [0.15, 0.2) is 0 Å². The topological polar surface area (TPSA) is 9.23 Å². The summed E-state index contributed by atoms with van der Waals surface area (Å²) in [6, 6.07) is 0. The van der Waals surface area contributed by atoms with E-state index in [-0.39, 0.29) is 5.60 Å². The van der Waals surface area contributed by atoms with Crippen molar-refractivity contribution in [2.24, 2.45) is 11.8 Å². The summed E-state index contributed by atoms with van der Waals surface area (Å²) < 4.78 is 6.08. The summed E-state index contributed by atoms with van der Waals surface area (Å²) in [6.07, 6.45) is 5.10. The molecule has 0 unspecified atom stereocenters. The molecule has 1 aliphatic rings. The van der Waals surface area contributed by atoms with Crippen LogP contribution in [0.5, 0.6) is 0 Å². The van der Waals surface area contributed by atoms with Crippen molar-refractivity contribution < 1.29 is 4.74 Å². The van der Waals surface area contributed by atoms with Crippen LogP contribution in [0.15, 0.2) is 0 Å². The Balaban J connectivity index is 2.41. The average Bonchev–Trinajstić information content (AvgIpc) is 2.18. The van der Waals surface area contributed by atoms with Crippen molar-refractivity contribution in [1.82, 2.24) is 0 Å². The Labute approximate surface area is 96.7 Å². The van der Waals surface area contributed by atoms with Crippen molar-refractivity contribution in [2.45, 2.75) is 52.1 Å². The van der Waals surface area contributed by atoms with Crippen molar-refractivity contribution in [3.8, 4) is 0 Å². The number of alkyl halides is 1.